The van der Waals surface area contributed by atoms with Crippen molar-refractivity contribution >= 4 is 17.3 Å². The van der Waals surface area contributed by atoms with Gasteiger partial charge in [-0.25, -0.2) is 4.79 Å². The van der Waals surface area contributed by atoms with Gasteiger partial charge in [-0.05, 0) is 18.2 Å². The summed E-state index contributed by atoms with van der Waals surface area (Å²) in [4.78, 5) is 19.8. The number of carboxylic acids is 1. The van der Waals surface area contributed by atoms with Crippen LogP contribution in [0, 0.1) is 0 Å². The lowest BCUT2D eigenvalue weighted by atomic mass is 10.1. The SMILES string of the molecule is O=C(O)c1ccncc1N1CCN(c2ccccc2)CC1. The van der Waals surface area contributed by atoms with Crippen molar-refractivity contribution in [3.05, 3.63) is 54.4 Å². The number of carboxylic acid groups (broad SMARTS) is 1. The Kier molecular flexibility index (Phi) is 3.73. The van der Waals surface area contributed by atoms with Crippen LogP contribution in [-0.4, -0.2) is 42.2 Å². The van der Waals surface area contributed by atoms with E-state index in [0.717, 1.165) is 26.2 Å². The molecule has 0 radical (unpaired) electrons. The van der Waals surface area contributed by atoms with Crippen molar-refractivity contribution in [2.45, 2.75) is 0 Å². The molecule has 1 aromatic heterocycles. The second kappa shape index (κ2) is 5.83. The van der Waals surface area contributed by atoms with Gasteiger partial charge in [0.1, 0.15) is 0 Å². The zero-order valence-corrected chi connectivity index (χ0v) is 11.6. The second-order valence-corrected chi connectivity index (χ2v) is 5.01. The average molecular weight is 283 g/mol. The van der Waals surface area contributed by atoms with E-state index in [1.54, 1.807) is 12.3 Å². The van der Waals surface area contributed by atoms with E-state index >= 15 is 0 Å². The van der Waals surface area contributed by atoms with E-state index in [0.29, 0.717) is 11.3 Å². The fourth-order valence-corrected chi connectivity index (χ4v) is 2.66. The molecule has 0 atom stereocenters. The molecule has 0 aliphatic carbocycles. The van der Waals surface area contributed by atoms with Crippen LogP contribution in [0.5, 0.6) is 0 Å². The molecule has 5 nitrogen and oxygen atoms in total. The lowest BCUT2D eigenvalue weighted by Gasteiger charge is -2.37. The van der Waals surface area contributed by atoms with Crippen LogP contribution in [0.15, 0.2) is 48.8 Å². The van der Waals surface area contributed by atoms with Crippen LogP contribution in [0.2, 0.25) is 0 Å². The molecule has 3 rings (SSSR count). The van der Waals surface area contributed by atoms with Crippen LogP contribution in [-0.2, 0) is 0 Å². The Balaban J connectivity index is 1.73. The van der Waals surface area contributed by atoms with E-state index in [4.69, 9.17) is 0 Å². The zero-order chi connectivity index (χ0) is 14.7. The smallest absolute Gasteiger partial charge is 0.337 e. The number of anilines is 2. The summed E-state index contributed by atoms with van der Waals surface area (Å²) in [6.45, 7) is 3.33. The first-order chi connectivity index (χ1) is 10.3. The molecule has 1 saturated heterocycles. The fraction of sp³-hybridized carbons (Fsp3) is 0.250. The third kappa shape index (κ3) is 2.81. The third-order valence-corrected chi connectivity index (χ3v) is 3.77. The Morgan fingerprint density at radius 3 is 2.33 bits per heavy atom. The molecule has 0 saturated carbocycles. The minimum Gasteiger partial charge on any atom is -0.478 e. The van der Waals surface area contributed by atoms with Gasteiger partial charge in [0.2, 0.25) is 0 Å². The number of aromatic carboxylic acids is 1. The van der Waals surface area contributed by atoms with Crippen LogP contribution in [0.3, 0.4) is 0 Å². The van der Waals surface area contributed by atoms with Gasteiger partial charge in [-0.2, -0.15) is 0 Å². The Morgan fingerprint density at radius 1 is 1.00 bits per heavy atom. The molecule has 1 fully saturated rings. The highest BCUT2D eigenvalue weighted by Crippen LogP contribution is 2.22. The fourth-order valence-electron chi connectivity index (χ4n) is 2.66. The summed E-state index contributed by atoms with van der Waals surface area (Å²) < 4.78 is 0. The molecule has 1 aliphatic rings. The van der Waals surface area contributed by atoms with Gasteiger partial charge >= 0.3 is 5.97 Å². The van der Waals surface area contributed by atoms with Gasteiger partial charge in [0.25, 0.3) is 0 Å². The molecular weight excluding hydrogens is 266 g/mol. The minimum absolute atomic E-state index is 0.318. The third-order valence-electron chi connectivity index (χ3n) is 3.77. The van der Waals surface area contributed by atoms with Crippen LogP contribution in [0.25, 0.3) is 0 Å². The molecule has 0 amide bonds. The lowest BCUT2D eigenvalue weighted by molar-refractivity contribution is 0.0697. The standard InChI is InChI=1S/C16H17N3O2/c20-16(21)14-6-7-17-12-15(14)19-10-8-18(9-11-19)13-4-2-1-3-5-13/h1-7,12H,8-11H2,(H,20,21). The molecular formula is C16H17N3O2. The van der Waals surface area contributed by atoms with E-state index in [-0.39, 0.29) is 0 Å². The first-order valence-corrected chi connectivity index (χ1v) is 6.98. The van der Waals surface area contributed by atoms with Gasteiger partial charge < -0.3 is 14.9 Å². The molecule has 108 valence electrons. The molecule has 0 unspecified atom stereocenters. The number of benzene rings is 1. The van der Waals surface area contributed by atoms with E-state index in [1.165, 1.54) is 11.9 Å². The highest BCUT2D eigenvalue weighted by atomic mass is 16.4. The quantitative estimate of drug-likeness (QED) is 0.935. The monoisotopic (exact) mass is 283 g/mol. The highest BCUT2D eigenvalue weighted by Gasteiger charge is 2.21. The van der Waals surface area contributed by atoms with Gasteiger partial charge in [0.15, 0.2) is 0 Å². The number of rotatable bonds is 3. The molecule has 0 spiro atoms. The molecule has 1 aromatic carbocycles. The minimum atomic E-state index is -0.905. The summed E-state index contributed by atoms with van der Waals surface area (Å²) in [5, 5.41) is 9.26. The van der Waals surface area contributed by atoms with Crippen LogP contribution < -0.4 is 9.80 Å². The van der Waals surface area contributed by atoms with Crippen LogP contribution >= 0.6 is 0 Å². The number of piperazine rings is 1. The number of hydrogen-bond donors (Lipinski definition) is 1. The van der Waals surface area contributed by atoms with E-state index in [2.05, 4.69) is 26.9 Å². The Hall–Kier alpha value is -2.56. The molecule has 1 N–H and O–H groups in total. The maximum atomic E-state index is 11.3. The number of pyridine rings is 1. The normalized spacial score (nSPS) is 15.0. The summed E-state index contributed by atoms with van der Waals surface area (Å²) >= 11 is 0. The summed E-state index contributed by atoms with van der Waals surface area (Å²) in [6.07, 6.45) is 3.16. The Morgan fingerprint density at radius 2 is 1.67 bits per heavy atom. The average Bonchev–Trinajstić information content (AvgIpc) is 2.56. The topological polar surface area (TPSA) is 56.7 Å². The van der Waals surface area contributed by atoms with Crippen molar-refractivity contribution in [3.63, 3.8) is 0 Å². The Bertz CT molecular complexity index is 622. The molecule has 1 aliphatic heterocycles. The molecule has 2 aromatic rings. The van der Waals surface area contributed by atoms with Crippen molar-refractivity contribution in [2.24, 2.45) is 0 Å². The van der Waals surface area contributed by atoms with Crippen molar-refractivity contribution in [1.82, 2.24) is 4.98 Å². The number of aromatic nitrogens is 1. The van der Waals surface area contributed by atoms with Crippen molar-refractivity contribution in [1.29, 1.82) is 0 Å². The van der Waals surface area contributed by atoms with Gasteiger partial charge in [0, 0.05) is 38.1 Å². The van der Waals surface area contributed by atoms with Gasteiger partial charge in [-0.1, -0.05) is 18.2 Å². The van der Waals surface area contributed by atoms with Gasteiger partial charge in [0.05, 0.1) is 17.4 Å². The molecule has 2 heterocycles. The summed E-state index contributed by atoms with van der Waals surface area (Å²) in [7, 11) is 0. The first-order valence-electron chi connectivity index (χ1n) is 6.98. The first kappa shape index (κ1) is 13.4. The Labute approximate surface area is 123 Å². The number of nitrogens with zero attached hydrogens (tertiary/aromatic N) is 3. The van der Waals surface area contributed by atoms with E-state index in [9.17, 15) is 9.90 Å². The zero-order valence-electron chi connectivity index (χ0n) is 11.6. The summed E-state index contributed by atoms with van der Waals surface area (Å²) in [5.41, 5.74) is 2.23. The van der Waals surface area contributed by atoms with E-state index in [1.807, 2.05) is 18.2 Å². The maximum Gasteiger partial charge on any atom is 0.337 e. The maximum absolute atomic E-state index is 11.3. The second-order valence-electron chi connectivity index (χ2n) is 5.01. The van der Waals surface area contributed by atoms with Crippen LogP contribution in [0.4, 0.5) is 11.4 Å². The number of carbonyl (C=O) groups is 1. The van der Waals surface area contributed by atoms with Gasteiger partial charge in [-0.3, -0.25) is 4.98 Å². The van der Waals surface area contributed by atoms with Crippen molar-refractivity contribution in [2.75, 3.05) is 36.0 Å². The number of hydrogen-bond acceptors (Lipinski definition) is 4. The van der Waals surface area contributed by atoms with Crippen molar-refractivity contribution in [3.8, 4) is 0 Å². The number of para-hydroxylation sites is 1. The highest BCUT2D eigenvalue weighted by molar-refractivity contribution is 5.94. The van der Waals surface area contributed by atoms with Crippen LogP contribution in [0.1, 0.15) is 10.4 Å². The predicted octanol–water partition coefficient (Wildman–Crippen LogP) is 2.11. The predicted molar refractivity (Wildman–Crippen MR) is 82.1 cm³/mol. The summed E-state index contributed by atoms with van der Waals surface area (Å²) in [5.74, 6) is -0.905. The summed E-state index contributed by atoms with van der Waals surface area (Å²) in [6, 6.07) is 11.8. The van der Waals surface area contributed by atoms with E-state index < -0.39 is 5.97 Å². The molecule has 21 heavy (non-hydrogen) atoms. The lowest BCUT2D eigenvalue weighted by Crippen LogP contribution is -2.47. The molecule has 0 bridgehead atoms. The van der Waals surface area contributed by atoms with Gasteiger partial charge in [-0.15, -0.1) is 0 Å². The molecule has 5 heteroatoms. The largest absolute Gasteiger partial charge is 0.478 e. The van der Waals surface area contributed by atoms with Crippen molar-refractivity contribution < 1.29 is 9.90 Å².